The number of nitrogens with zero attached hydrogens (tertiary/aromatic N) is 1. The molecule has 2 fully saturated rings. The van der Waals surface area contributed by atoms with Gasteiger partial charge >= 0.3 is 6.09 Å². The van der Waals surface area contributed by atoms with E-state index in [1.54, 1.807) is 13.8 Å². The Hall–Kier alpha value is -3.09. The minimum absolute atomic E-state index is 0.0379. The standard InChI is InChI=1S/C40H52BrNO13/c1-24(2)35-39(3,4)55-38(46)42(35)36(45)33(48-5)30-27(44)20-29(41)40(47,54-30)18-13-19-50-34-32(52-23-26-16-11-8-12-17-26)31(28(21-43)53-37(34)49-6)51-22-25-14-9-7-10-15-25/h7-12,14-17,20,24,28,30-35,37,43,47H,13,18-19,21-23H2,1-6H3/t28-,30-,31-,32+,33-,34+,35-,37+,40+/m1/s1. The predicted molar refractivity (Wildman–Crippen MR) is 200 cm³/mol. The lowest BCUT2D eigenvalue weighted by atomic mass is 9.88. The van der Waals surface area contributed by atoms with Crippen LogP contribution in [0.1, 0.15) is 51.7 Å². The lowest BCUT2D eigenvalue weighted by molar-refractivity contribution is -0.320. The van der Waals surface area contributed by atoms with E-state index in [9.17, 15) is 24.6 Å². The van der Waals surface area contributed by atoms with Crippen molar-refractivity contribution in [2.75, 3.05) is 27.4 Å². The molecule has 9 atom stereocenters. The molecule has 0 aromatic heterocycles. The second-order valence-corrected chi connectivity index (χ2v) is 15.5. The summed E-state index contributed by atoms with van der Waals surface area (Å²) < 4.78 is 48.0. The van der Waals surface area contributed by atoms with Gasteiger partial charge in [-0.25, -0.2) is 9.69 Å². The molecule has 0 spiro atoms. The fraction of sp³-hybridized carbons (Fsp3) is 0.575. The van der Waals surface area contributed by atoms with E-state index in [1.807, 2.05) is 74.5 Å². The molecule has 0 unspecified atom stereocenters. The average molecular weight is 835 g/mol. The molecule has 2 N–H and O–H groups in total. The number of methoxy groups -OCH3 is 2. The highest BCUT2D eigenvalue weighted by Crippen LogP contribution is 2.39. The summed E-state index contributed by atoms with van der Waals surface area (Å²) in [6.07, 6.45) is -6.82. The van der Waals surface area contributed by atoms with Gasteiger partial charge in [0, 0.05) is 27.2 Å². The molecule has 0 aliphatic carbocycles. The fourth-order valence-corrected chi connectivity index (χ4v) is 7.98. The number of benzene rings is 2. The summed E-state index contributed by atoms with van der Waals surface area (Å²) in [4.78, 5) is 41.0. The summed E-state index contributed by atoms with van der Waals surface area (Å²) >= 11 is 3.28. The number of carbonyl (C=O) groups excluding carboxylic acids is 3. The molecule has 3 aliphatic heterocycles. The Balaban J connectivity index is 1.30. The molecule has 14 nitrogen and oxygen atoms in total. The van der Waals surface area contributed by atoms with Crippen LogP contribution in [0.15, 0.2) is 71.2 Å². The molecule has 5 rings (SSSR count). The quantitative estimate of drug-likeness (QED) is 0.215. The number of carbonyl (C=O) groups is 3. The van der Waals surface area contributed by atoms with Gasteiger partial charge in [-0.05, 0) is 59.3 Å². The number of aliphatic hydroxyl groups is 2. The first-order chi connectivity index (χ1) is 26.2. The van der Waals surface area contributed by atoms with Gasteiger partial charge in [-0.15, -0.1) is 0 Å². The molecule has 0 radical (unpaired) electrons. The maximum absolute atomic E-state index is 13.9. The van der Waals surface area contributed by atoms with Gasteiger partial charge < -0.3 is 48.1 Å². The molecule has 2 aromatic carbocycles. The number of ketones is 1. The van der Waals surface area contributed by atoms with Crippen molar-refractivity contribution < 1.29 is 62.5 Å². The van der Waals surface area contributed by atoms with Crippen molar-refractivity contribution >= 4 is 33.7 Å². The summed E-state index contributed by atoms with van der Waals surface area (Å²) in [5.74, 6) is -3.69. The smallest absolute Gasteiger partial charge is 0.417 e. The van der Waals surface area contributed by atoms with Crippen LogP contribution in [0, 0.1) is 5.92 Å². The maximum Gasteiger partial charge on any atom is 0.417 e. The topological polar surface area (TPSA) is 169 Å². The highest BCUT2D eigenvalue weighted by molar-refractivity contribution is 9.11. The summed E-state index contributed by atoms with van der Waals surface area (Å²) in [7, 11) is 2.69. The monoisotopic (exact) mass is 833 g/mol. The summed E-state index contributed by atoms with van der Waals surface area (Å²) in [5.41, 5.74) is 0.855. The van der Waals surface area contributed by atoms with Gasteiger partial charge in [-0.2, -0.15) is 0 Å². The minimum Gasteiger partial charge on any atom is -0.441 e. The Morgan fingerprint density at radius 3 is 2.07 bits per heavy atom. The molecule has 15 heteroatoms. The molecule has 3 aliphatic rings. The molecule has 2 amide bonds. The second kappa shape index (κ2) is 18.9. The Labute approximate surface area is 330 Å². The van der Waals surface area contributed by atoms with Crippen molar-refractivity contribution in [2.45, 2.75) is 114 Å². The van der Waals surface area contributed by atoms with Crippen molar-refractivity contribution in [1.82, 2.24) is 4.90 Å². The largest absolute Gasteiger partial charge is 0.441 e. The number of rotatable bonds is 17. The molecule has 3 heterocycles. The first kappa shape index (κ1) is 43.0. The summed E-state index contributed by atoms with van der Waals surface area (Å²) in [5, 5.41) is 22.1. The van der Waals surface area contributed by atoms with E-state index in [0.717, 1.165) is 22.1 Å². The van der Waals surface area contributed by atoms with E-state index < -0.39 is 78.1 Å². The Morgan fingerprint density at radius 2 is 1.53 bits per heavy atom. The molecule has 2 aromatic rings. The highest BCUT2D eigenvalue weighted by Gasteiger charge is 2.56. The van der Waals surface area contributed by atoms with Crippen molar-refractivity contribution in [1.29, 1.82) is 0 Å². The predicted octanol–water partition coefficient (Wildman–Crippen LogP) is 4.42. The van der Waals surface area contributed by atoms with E-state index in [1.165, 1.54) is 14.2 Å². The Bertz CT molecular complexity index is 1630. The zero-order valence-corrected chi connectivity index (χ0v) is 33.6. The van der Waals surface area contributed by atoms with E-state index in [-0.39, 0.29) is 49.7 Å². The number of aliphatic hydroxyl groups excluding tert-OH is 1. The van der Waals surface area contributed by atoms with Gasteiger partial charge in [0.25, 0.3) is 5.91 Å². The average Bonchev–Trinajstić information content (AvgIpc) is 3.42. The number of cyclic esters (lactones) is 1. The number of amides is 2. The Morgan fingerprint density at radius 1 is 0.927 bits per heavy atom. The van der Waals surface area contributed by atoms with E-state index in [4.69, 9.17) is 37.9 Å². The minimum atomic E-state index is -2.06. The molecular weight excluding hydrogens is 782 g/mol. The van der Waals surface area contributed by atoms with Gasteiger partial charge in [-0.1, -0.05) is 74.5 Å². The van der Waals surface area contributed by atoms with E-state index in [2.05, 4.69) is 15.9 Å². The first-order valence-corrected chi connectivity index (χ1v) is 19.2. The highest BCUT2D eigenvalue weighted by atomic mass is 79.9. The van der Waals surface area contributed by atoms with Gasteiger partial charge in [0.05, 0.1) is 30.3 Å². The zero-order valence-electron chi connectivity index (χ0n) is 32.0. The van der Waals surface area contributed by atoms with Crippen LogP contribution in [0.5, 0.6) is 0 Å². The number of imide groups is 1. The van der Waals surface area contributed by atoms with Gasteiger partial charge in [0.15, 0.2) is 30.1 Å². The normalized spacial score (nSPS) is 30.0. The van der Waals surface area contributed by atoms with Crippen LogP contribution in [0.4, 0.5) is 4.79 Å². The molecule has 2 saturated heterocycles. The van der Waals surface area contributed by atoms with Crippen LogP contribution in [-0.2, 0) is 60.7 Å². The van der Waals surface area contributed by atoms with Crippen LogP contribution in [0.25, 0.3) is 0 Å². The van der Waals surface area contributed by atoms with Gasteiger partial charge in [0.2, 0.25) is 0 Å². The first-order valence-electron chi connectivity index (χ1n) is 18.4. The van der Waals surface area contributed by atoms with E-state index >= 15 is 0 Å². The van der Waals surface area contributed by atoms with Crippen molar-refractivity contribution in [3.8, 4) is 0 Å². The van der Waals surface area contributed by atoms with E-state index in [0.29, 0.717) is 0 Å². The number of hydrogen-bond donors (Lipinski definition) is 2. The second-order valence-electron chi connectivity index (χ2n) is 14.7. The van der Waals surface area contributed by atoms with Crippen LogP contribution >= 0.6 is 15.9 Å². The number of ether oxygens (including phenoxy) is 8. The van der Waals surface area contributed by atoms with Crippen molar-refractivity contribution in [2.24, 2.45) is 5.92 Å². The molecule has 302 valence electrons. The third-order valence-electron chi connectivity index (χ3n) is 9.97. The SMILES string of the molecule is CO[C@H]1O[C@H](CO)[C@@H](OCc2ccccc2)[C@H](OCc2ccccc2)[C@@H]1OCCC[C@]1(O)O[C@@H]([C@@H](OC)C(=O)N2C(=O)OC(C)(C)[C@H]2C(C)C)C(=O)C=C1Br. The van der Waals surface area contributed by atoms with Crippen LogP contribution in [-0.4, -0.2) is 121 Å². The summed E-state index contributed by atoms with van der Waals surface area (Å²) in [6, 6.07) is 18.5. The molecule has 0 saturated carbocycles. The van der Waals surface area contributed by atoms with Crippen molar-refractivity contribution in [3.63, 3.8) is 0 Å². The molecular formula is C40H52BrNO13. The van der Waals surface area contributed by atoms with Crippen LogP contribution in [0.2, 0.25) is 0 Å². The molecule has 0 bridgehead atoms. The maximum atomic E-state index is 13.9. The van der Waals surface area contributed by atoms with Crippen LogP contribution < -0.4 is 0 Å². The number of halogens is 1. The fourth-order valence-electron chi connectivity index (χ4n) is 7.46. The third-order valence-corrected chi connectivity index (χ3v) is 10.8. The Kier molecular flexibility index (Phi) is 14.8. The third kappa shape index (κ3) is 9.90. The summed E-state index contributed by atoms with van der Waals surface area (Å²) in [6.45, 7) is 7.26. The van der Waals surface area contributed by atoms with Gasteiger partial charge in [0.1, 0.15) is 30.0 Å². The van der Waals surface area contributed by atoms with Gasteiger partial charge in [-0.3, -0.25) is 9.59 Å². The van der Waals surface area contributed by atoms with Crippen LogP contribution in [0.3, 0.4) is 0 Å². The lowest BCUT2D eigenvalue weighted by Crippen LogP contribution is -2.61. The lowest BCUT2D eigenvalue weighted by Gasteiger charge is -2.45. The number of hydrogen-bond acceptors (Lipinski definition) is 13. The zero-order chi connectivity index (χ0) is 39.9. The van der Waals surface area contributed by atoms with Crippen molar-refractivity contribution in [3.05, 3.63) is 82.3 Å². The molecule has 55 heavy (non-hydrogen) atoms.